The lowest BCUT2D eigenvalue weighted by Gasteiger charge is -2.33. The van der Waals surface area contributed by atoms with E-state index in [-0.39, 0.29) is 12.6 Å². The van der Waals surface area contributed by atoms with Crippen molar-refractivity contribution in [3.63, 3.8) is 0 Å². The van der Waals surface area contributed by atoms with Crippen LogP contribution in [-0.2, 0) is 27.3 Å². The quantitative estimate of drug-likeness (QED) is 0.645. The van der Waals surface area contributed by atoms with Gasteiger partial charge in [0.15, 0.2) is 5.06 Å². The van der Waals surface area contributed by atoms with E-state index < -0.39 is 17.8 Å². The van der Waals surface area contributed by atoms with Crippen molar-refractivity contribution in [1.29, 1.82) is 0 Å². The van der Waals surface area contributed by atoms with Crippen molar-refractivity contribution < 1.29 is 23.5 Å². The van der Waals surface area contributed by atoms with E-state index in [1.54, 1.807) is 25.1 Å². The van der Waals surface area contributed by atoms with Gasteiger partial charge < -0.3 is 9.47 Å². The molecule has 3 rings (SSSR count). The smallest absolute Gasteiger partial charge is 0.328 e. The van der Waals surface area contributed by atoms with Gasteiger partial charge in [-0.05, 0) is 37.5 Å². The van der Waals surface area contributed by atoms with E-state index in [1.165, 1.54) is 17.4 Å². The third-order valence-corrected chi connectivity index (χ3v) is 5.73. The molecule has 0 saturated carbocycles. The molecule has 2 aromatic rings. The van der Waals surface area contributed by atoms with Crippen LogP contribution in [0.25, 0.3) is 0 Å². The first kappa shape index (κ1) is 20.5. The Morgan fingerprint density at radius 2 is 2.07 bits per heavy atom. The molecule has 0 aliphatic carbocycles. The van der Waals surface area contributed by atoms with Crippen LogP contribution in [-0.4, -0.2) is 30.0 Å². The fourth-order valence-electron chi connectivity index (χ4n) is 3.36. The summed E-state index contributed by atoms with van der Waals surface area (Å²) in [6, 6.07) is 7.34. The zero-order valence-corrected chi connectivity index (χ0v) is 16.9. The Bertz CT molecular complexity index is 851. The van der Waals surface area contributed by atoms with Gasteiger partial charge in [-0.25, -0.2) is 9.18 Å². The summed E-state index contributed by atoms with van der Waals surface area (Å²) in [5.74, 6) is -1.12. The Labute approximate surface area is 168 Å². The number of carbonyl (C=O) groups excluding carboxylic acids is 2. The van der Waals surface area contributed by atoms with Crippen molar-refractivity contribution in [2.45, 2.75) is 45.7 Å². The van der Waals surface area contributed by atoms with Crippen molar-refractivity contribution in [3.8, 4) is 5.06 Å². The summed E-state index contributed by atoms with van der Waals surface area (Å²) in [4.78, 5) is 27.4. The summed E-state index contributed by atoms with van der Waals surface area (Å²) in [5, 5.41) is 0.573. The highest BCUT2D eigenvalue weighted by molar-refractivity contribution is 7.14. The van der Waals surface area contributed by atoms with E-state index in [9.17, 15) is 14.0 Å². The molecule has 1 aliphatic rings. The second kappa shape index (κ2) is 9.30. The van der Waals surface area contributed by atoms with Gasteiger partial charge in [-0.3, -0.25) is 9.69 Å². The number of esters is 2. The predicted octanol–water partition coefficient (Wildman–Crippen LogP) is 4.26. The standard InChI is InChI=1S/C21H24FNO4S/c1-3-7-18(24)27-19-12-14-13-23(11-10-17(14)28-19)20(21(25)26-4-2)15-8-5-6-9-16(15)22/h5-6,8-9,12,20H,3-4,7,10-11,13H2,1-2H3/t20-/m0/s1. The topological polar surface area (TPSA) is 55.8 Å². The molecule has 1 aromatic heterocycles. The minimum absolute atomic E-state index is 0.235. The van der Waals surface area contributed by atoms with E-state index >= 15 is 0 Å². The van der Waals surface area contributed by atoms with Crippen LogP contribution in [0.1, 0.15) is 48.7 Å². The lowest BCUT2D eigenvalue weighted by molar-refractivity contribution is -0.150. The monoisotopic (exact) mass is 405 g/mol. The average molecular weight is 405 g/mol. The number of thiophene rings is 1. The van der Waals surface area contributed by atoms with Gasteiger partial charge in [-0.2, -0.15) is 0 Å². The van der Waals surface area contributed by atoms with Crippen molar-refractivity contribution in [2.75, 3.05) is 13.2 Å². The average Bonchev–Trinajstić information content (AvgIpc) is 3.05. The molecule has 0 fully saturated rings. The number of carbonyl (C=O) groups is 2. The molecule has 1 aromatic carbocycles. The van der Waals surface area contributed by atoms with Gasteiger partial charge in [0.1, 0.15) is 11.9 Å². The number of nitrogens with zero attached hydrogens (tertiary/aromatic N) is 1. The number of rotatable bonds is 7. The zero-order chi connectivity index (χ0) is 20.1. The fraction of sp³-hybridized carbons (Fsp3) is 0.429. The van der Waals surface area contributed by atoms with Gasteiger partial charge in [0.2, 0.25) is 0 Å². The van der Waals surface area contributed by atoms with Gasteiger partial charge in [-0.15, -0.1) is 11.3 Å². The molecule has 28 heavy (non-hydrogen) atoms. The lowest BCUT2D eigenvalue weighted by atomic mass is 10.0. The van der Waals surface area contributed by atoms with Gasteiger partial charge in [0.25, 0.3) is 0 Å². The van der Waals surface area contributed by atoms with E-state index in [0.29, 0.717) is 36.6 Å². The maximum absolute atomic E-state index is 14.4. The summed E-state index contributed by atoms with van der Waals surface area (Å²) >= 11 is 1.46. The highest BCUT2D eigenvalue weighted by Gasteiger charge is 2.34. The molecule has 0 N–H and O–H groups in total. The van der Waals surface area contributed by atoms with Crippen LogP contribution in [0.2, 0.25) is 0 Å². The first-order chi connectivity index (χ1) is 13.5. The van der Waals surface area contributed by atoms with Crippen molar-refractivity contribution >= 4 is 23.3 Å². The van der Waals surface area contributed by atoms with E-state index in [2.05, 4.69) is 0 Å². The molecule has 0 spiro atoms. The van der Waals surface area contributed by atoms with Crippen LogP contribution < -0.4 is 4.74 Å². The largest absolute Gasteiger partial charge is 0.465 e. The maximum atomic E-state index is 14.4. The zero-order valence-electron chi connectivity index (χ0n) is 16.1. The van der Waals surface area contributed by atoms with Gasteiger partial charge in [-0.1, -0.05) is 25.1 Å². The highest BCUT2D eigenvalue weighted by Crippen LogP contribution is 2.37. The van der Waals surface area contributed by atoms with Crippen LogP contribution in [0, 0.1) is 5.82 Å². The molecule has 0 amide bonds. The molecule has 5 nitrogen and oxygen atoms in total. The summed E-state index contributed by atoms with van der Waals surface area (Å²) in [7, 11) is 0. The van der Waals surface area contributed by atoms with E-state index in [4.69, 9.17) is 9.47 Å². The van der Waals surface area contributed by atoms with Crippen LogP contribution in [0.5, 0.6) is 5.06 Å². The van der Waals surface area contributed by atoms with E-state index in [0.717, 1.165) is 16.9 Å². The normalized spacial score (nSPS) is 15.0. The summed E-state index contributed by atoms with van der Waals surface area (Å²) in [6.45, 7) is 4.96. The molecule has 1 aliphatic heterocycles. The molecule has 0 radical (unpaired) electrons. The third kappa shape index (κ3) is 4.59. The Kier molecular flexibility index (Phi) is 6.80. The molecule has 0 bridgehead atoms. The first-order valence-corrected chi connectivity index (χ1v) is 10.3. The molecule has 0 unspecified atom stereocenters. The number of benzene rings is 1. The van der Waals surface area contributed by atoms with Crippen LogP contribution in [0.15, 0.2) is 30.3 Å². The van der Waals surface area contributed by atoms with Crippen LogP contribution in [0.4, 0.5) is 4.39 Å². The second-order valence-corrected chi connectivity index (χ2v) is 7.73. The SMILES string of the molecule is CCCC(=O)Oc1cc2c(s1)CCN([C@H](C(=O)OCC)c1ccccc1F)C2. The molecule has 150 valence electrons. The number of hydrogen-bond donors (Lipinski definition) is 0. The Balaban J connectivity index is 1.83. The first-order valence-electron chi connectivity index (χ1n) is 9.50. The summed E-state index contributed by atoms with van der Waals surface area (Å²) in [6.07, 6.45) is 1.82. The minimum atomic E-state index is -0.805. The molecular weight excluding hydrogens is 381 g/mol. The summed E-state index contributed by atoms with van der Waals surface area (Å²) in [5.41, 5.74) is 1.32. The Hall–Kier alpha value is -2.25. The van der Waals surface area contributed by atoms with Gasteiger partial charge >= 0.3 is 11.9 Å². The highest BCUT2D eigenvalue weighted by atomic mass is 32.1. The molecule has 1 atom stereocenters. The molecular formula is C21H24FNO4S. The molecule has 0 saturated heterocycles. The Morgan fingerprint density at radius 1 is 1.29 bits per heavy atom. The van der Waals surface area contributed by atoms with Gasteiger partial charge in [0, 0.05) is 30.0 Å². The second-order valence-electron chi connectivity index (χ2n) is 6.63. The van der Waals surface area contributed by atoms with Crippen molar-refractivity contribution in [1.82, 2.24) is 4.90 Å². The summed E-state index contributed by atoms with van der Waals surface area (Å²) < 4.78 is 25.0. The molecule has 2 heterocycles. The van der Waals surface area contributed by atoms with Crippen molar-refractivity contribution in [2.24, 2.45) is 0 Å². The minimum Gasteiger partial charge on any atom is -0.465 e. The van der Waals surface area contributed by atoms with E-state index in [1.807, 2.05) is 17.9 Å². The Morgan fingerprint density at radius 3 is 2.79 bits per heavy atom. The lowest BCUT2D eigenvalue weighted by Crippen LogP contribution is -2.39. The number of hydrogen-bond acceptors (Lipinski definition) is 6. The van der Waals surface area contributed by atoms with Gasteiger partial charge in [0.05, 0.1) is 6.61 Å². The van der Waals surface area contributed by atoms with Crippen LogP contribution in [0.3, 0.4) is 0 Å². The molecule has 7 heteroatoms. The fourth-order valence-corrected chi connectivity index (χ4v) is 4.38. The number of halogens is 1. The van der Waals surface area contributed by atoms with Crippen LogP contribution >= 0.6 is 11.3 Å². The number of ether oxygens (including phenoxy) is 2. The predicted molar refractivity (Wildman–Crippen MR) is 105 cm³/mol. The van der Waals surface area contributed by atoms with Crippen molar-refractivity contribution in [3.05, 3.63) is 52.2 Å². The number of fused-ring (bicyclic) bond motifs is 1. The third-order valence-electron chi connectivity index (χ3n) is 4.62. The maximum Gasteiger partial charge on any atom is 0.328 e.